The summed E-state index contributed by atoms with van der Waals surface area (Å²) >= 11 is 0. The maximum absolute atomic E-state index is 11.0. The van der Waals surface area contributed by atoms with Gasteiger partial charge in [-0.25, -0.2) is 0 Å². The number of hydrogen-bond acceptors (Lipinski definition) is 4. The van der Waals surface area contributed by atoms with Gasteiger partial charge in [-0.05, 0) is 18.7 Å². The van der Waals surface area contributed by atoms with Crippen molar-refractivity contribution in [3.8, 4) is 0 Å². The zero-order valence-corrected chi connectivity index (χ0v) is 10.6. The van der Waals surface area contributed by atoms with E-state index in [2.05, 4.69) is 21.8 Å². The Morgan fingerprint density at radius 2 is 2.17 bits per heavy atom. The van der Waals surface area contributed by atoms with Gasteiger partial charge in [-0.3, -0.25) is 14.7 Å². The van der Waals surface area contributed by atoms with Crippen molar-refractivity contribution in [1.82, 2.24) is 14.8 Å². The highest BCUT2D eigenvalue weighted by Gasteiger charge is 2.25. The van der Waals surface area contributed by atoms with E-state index in [1.54, 1.807) is 12.4 Å². The molecule has 1 aliphatic heterocycles. The van der Waals surface area contributed by atoms with Crippen LogP contribution in [-0.2, 0) is 4.79 Å². The van der Waals surface area contributed by atoms with Crippen LogP contribution in [0.1, 0.15) is 18.0 Å². The maximum Gasteiger partial charge on any atom is 0.305 e. The monoisotopic (exact) mass is 249 g/mol. The van der Waals surface area contributed by atoms with Crippen LogP contribution in [0.3, 0.4) is 0 Å². The second-order valence-electron chi connectivity index (χ2n) is 4.74. The smallest absolute Gasteiger partial charge is 0.305 e. The fourth-order valence-electron chi connectivity index (χ4n) is 2.33. The van der Waals surface area contributed by atoms with Gasteiger partial charge in [0.15, 0.2) is 0 Å². The first-order valence-corrected chi connectivity index (χ1v) is 6.21. The molecule has 0 aromatic carbocycles. The second-order valence-corrected chi connectivity index (χ2v) is 4.74. The summed E-state index contributed by atoms with van der Waals surface area (Å²) in [5.41, 5.74) is 0.990. The Morgan fingerprint density at radius 1 is 1.44 bits per heavy atom. The number of aliphatic carboxylic acids is 1. The molecule has 98 valence electrons. The highest BCUT2D eigenvalue weighted by Crippen LogP contribution is 2.24. The van der Waals surface area contributed by atoms with Gasteiger partial charge >= 0.3 is 5.97 Å². The standard InChI is InChI=1S/C13H19N3O2/c1-15-5-7-16(8-6-15)12(9-13(17)18)11-3-2-4-14-10-11/h2-4,10,12H,5-9H2,1H3,(H,17,18)/t12-/m1/s1. The molecule has 0 radical (unpaired) electrons. The molecule has 18 heavy (non-hydrogen) atoms. The Kier molecular flexibility index (Phi) is 4.28. The molecule has 1 fully saturated rings. The molecule has 1 saturated heterocycles. The van der Waals surface area contributed by atoms with E-state index in [1.165, 1.54) is 0 Å². The van der Waals surface area contributed by atoms with Gasteiger partial charge in [-0.15, -0.1) is 0 Å². The molecule has 1 N–H and O–H groups in total. The van der Waals surface area contributed by atoms with E-state index in [9.17, 15) is 4.79 Å². The zero-order valence-electron chi connectivity index (χ0n) is 10.6. The molecule has 1 atom stereocenters. The summed E-state index contributed by atoms with van der Waals surface area (Å²) in [6.45, 7) is 3.78. The number of carbonyl (C=O) groups is 1. The van der Waals surface area contributed by atoms with Crippen molar-refractivity contribution in [2.75, 3.05) is 33.2 Å². The predicted octanol–water partition coefficient (Wildman–Crippen LogP) is 0.845. The summed E-state index contributed by atoms with van der Waals surface area (Å²) in [5, 5.41) is 9.07. The number of carboxylic acids is 1. The minimum Gasteiger partial charge on any atom is -0.481 e. The molecule has 1 aliphatic rings. The highest BCUT2D eigenvalue weighted by molar-refractivity contribution is 5.67. The number of aromatic nitrogens is 1. The summed E-state index contributed by atoms with van der Waals surface area (Å²) in [4.78, 5) is 19.6. The topological polar surface area (TPSA) is 56.7 Å². The lowest BCUT2D eigenvalue weighted by Crippen LogP contribution is -2.46. The third kappa shape index (κ3) is 3.27. The minimum absolute atomic E-state index is 0.0649. The number of rotatable bonds is 4. The van der Waals surface area contributed by atoms with Crippen LogP contribution in [0, 0.1) is 0 Å². The first-order valence-electron chi connectivity index (χ1n) is 6.21. The average molecular weight is 249 g/mol. The van der Waals surface area contributed by atoms with Crippen LogP contribution in [0.4, 0.5) is 0 Å². The molecular weight excluding hydrogens is 230 g/mol. The van der Waals surface area contributed by atoms with Crippen molar-refractivity contribution in [3.05, 3.63) is 30.1 Å². The summed E-state index contributed by atoms with van der Waals surface area (Å²) in [6, 6.07) is 3.75. The summed E-state index contributed by atoms with van der Waals surface area (Å²) in [5.74, 6) is -0.761. The highest BCUT2D eigenvalue weighted by atomic mass is 16.4. The Balaban J connectivity index is 2.12. The first kappa shape index (κ1) is 13.0. The molecule has 0 aliphatic carbocycles. The zero-order chi connectivity index (χ0) is 13.0. The molecule has 0 unspecified atom stereocenters. The number of piperazine rings is 1. The van der Waals surface area contributed by atoms with E-state index in [0.29, 0.717) is 0 Å². The van der Waals surface area contributed by atoms with Gasteiger partial charge in [0.1, 0.15) is 0 Å². The van der Waals surface area contributed by atoms with Crippen LogP contribution in [0.2, 0.25) is 0 Å². The molecule has 1 aromatic heterocycles. The fraction of sp³-hybridized carbons (Fsp3) is 0.538. The normalized spacial score (nSPS) is 19.6. The molecule has 5 nitrogen and oxygen atoms in total. The SMILES string of the molecule is CN1CCN([C@H](CC(=O)O)c2cccnc2)CC1. The van der Waals surface area contributed by atoms with E-state index in [-0.39, 0.29) is 12.5 Å². The van der Waals surface area contributed by atoms with E-state index in [1.807, 2.05) is 12.1 Å². The van der Waals surface area contributed by atoms with Crippen LogP contribution in [-0.4, -0.2) is 59.1 Å². The Bertz CT molecular complexity index is 388. The van der Waals surface area contributed by atoms with Gasteiger partial charge < -0.3 is 10.0 Å². The quantitative estimate of drug-likeness (QED) is 0.857. The van der Waals surface area contributed by atoms with Crippen molar-refractivity contribution < 1.29 is 9.90 Å². The van der Waals surface area contributed by atoms with Crippen LogP contribution in [0.15, 0.2) is 24.5 Å². The summed E-state index contributed by atoms with van der Waals surface area (Å²) in [7, 11) is 2.09. The molecule has 1 aromatic rings. The fourth-order valence-corrected chi connectivity index (χ4v) is 2.33. The van der Waals surface area contributed by atoms with Gasteiger partial charge in [0.2, 0.25) is 0 Å². The molecule has 5 heteroatoms. The molecule has 0 bridgehead atoms. The van der Waals surface area contributed by atoms with Crippen molar-refractivity contribution in [3.63, 3.8) is 0 Å². The largest absolute Gasteiger partial charge is 0.481 e. The van der Waals surface area contributed by atoms with Crippen LogP contribution >= 0.6 is 0 Å². The van der Waals surface area contributed by atoms with Gasteiger partial charge in [0.05, 0.1) is 6.42 Å². The van der Waals surface area contributed by atoms with Crippen molar-refractivity contribution >= 4 is 5.97 Å². The van der Waals surface area contributed by atoms with E-state index in [0.717, 1.165) is 31.7 Å². The molecule has 2 heterocycles. The predicted molar refractivity (Wildman–Crippen MR) is 68.3 cm³/mol. The van der Waals surface area contributed by atoms with Gasteiger partial charge in [-0.2, -0.15) is 0 Å². The van der Waals surface area contributed by atoms with Crippen LogP contribution in [0.5, 0.6) is 0 Å². The average Bonchev–Trinajstić information content (AvgIpc) is 2.38. The number of pyridine rings is 1. The third-order valence-corrected chi connectivity index (χ3v) is 3.42. The lowest BCUT2D eigenvalue weighted by molar-refractivity contribution is -0.138. The second kappa shape index (κ2) is 5.93. The molecule has 0 saturated carbocycles. The number of nitrogens with zero attached hydrogens (tertiary/aromatic N) is 3. The lowest BCUT2D eigenvalue weighted by atomic mass is 10.0. The van der Waals surface area contributed by atoms with Crippen molar-refractivity contribution in [1.29, 1.82) is 0 Å². The van der Waals surface area contributed by atoms with Crippen molar-refractivity contribution in [2.45, 2.75) is 12.5 Å². The molecule has 2 rings (SSSR count). The summed E-state index contributed by atoms with van der Waals surface area (Å²) in [6.07, 6.45) is 3.62. The minimum atomic E-state index is -0.761. The lowest BCUT2D eigenvalue weighted by Gasteiger charge is -2.37. The first-order chi connectivity index (χ1) is 8.66. The maximum atomic E-state index is 11.0. The Morgan fingerprint density at radius 3 is 2.72 bits per heavy atom. The number of hydrogen-bond donors (Lipinski definition) is 1. The van der Waals surface area contributed by atoms with Gasteiger partial charge in [-0.1, -0.05) is 6.07 Å². The molecule has 0 spiro atoms. The summed E-state index contributed by atoms with van der Waals surface area (Å²) < 4.78 is 0. The van der Waals surface area contributed by atoms with E-state index >= 15 is 0 Å². The molecular formula is C13H19N3O2. The van der Waals surface area contributed by atoms with Gasteiger partial charge in [0.25, 0.3) is 0 Å². The number of likely N-dealkylation sites (N-methyl/N-ethyl adjacent to an activating group) is 1. The van der Waals surface area contributed by atoms with Crippen LogP contribution in [0.25, 0.3) is 0 Å². The number of carboxylic acid groups (broad SMARTS) is 1. The van der Waals surface area contributed by atoms with Crippen molar-refractivity contribution in [2.24, 2.45) is 0 Å². The third-order valence-electron chi connectivity index (χ3n) is 3.42. The van der Waals surface area contributed by atoms with Crippen LogP contribution < -0.4 is 0 Å². The Labute approximate surface area is 107 Å². The van der Waals surface area contributed by atoms with E-state index < -0.39 is 5.97 Å². The Hall–Kier alpha value is -1.46. The van der Waals surface area contributed by atoms with Gasteiger partial charge in [0, 0.05) is 44.6 Å². The molecule has 0 amide bonds. The van der Waals surface area contributed by atoms with E-state index in [4.69, 9.17) is 5.11 Å².